The van der Waals surface area contributed by atoms with Crippen molar-refractivity contribution in [3.8, 4) is 0 Å². The van der Waals surface area contributed by atoms with Crippen molar-refractivity contribution in [3.63, 3.8) is 0 Å². The summed E-state index contributed by atoms with van der Waals surface area (Å²) in [6.45, 7) is 0.532. The number of carbonyl (C=O) groups excluding carboxylic acids is 2. The van der Waals surface area contributed by atoms with E-state index in [0.717, 1.165) is 46.2 Å². The van der Waals surface area contributed by atoms with Crippen LogP contribution in [0.25, 0.3) is 0 Å². The minimum Gasteiger partial charge on any atom is -0.324 e. The van der Waals surface area contributed by atoms with E-state index in [9.17, 15) is 18.0 Å². The lowest BCUT2D eigenvalue weighted by molar-refractivity contribution is -0.113. The van der Waals surface area contributed by atoms with Crippen molar-refractivity contribution >= 4 is 90.1 Å². The number of halogens is 3. The zero-order valence-electron chi connectivity index (χ0n) is 16.0. The van der Waals surface area contributed by atoms with E-state index in [-0.39, 0.29) is 26.6 Å². The summed E-state index contributed by atoms with van der Waals surface area (Å²) in [4.78, 5) is 26.5. The monoisotopic (exact) mass is 613 g/mol. The predicted molar refractivity (Wildman–Crippen MR) is 134 cm³/mol. The molecule has 0 aliphatic carbocycles. The standard InChI is InChI=1S/C19H18Cl2IN3O4S2/c20-14-8-13(31(23,28)29)3-4-16(14)24-17(26)10-30-19(27)25-5-1-2-12-6-11(9-22)7-15(21)18(12)25/h3-4,6-8H,1-2,5,9-10H2,(H,24,26)(H2,23,28,29). The van der Waals surface area contributed by atoms with Gasteiger partial charge in [-0.1, -0.05) is 63.6 Å². The maximum atomic E-state index is 12.8. The van der Waals surface area contributed by atoms with Crippen molar-refractivity contribution in [1.82, 2.24) is 0 Å². The van der Waals surface area contributed by atoms with Crippen LogP contribution in [0.1, 0.15) is 17.5 Å². The van der Waals surface area contributed by atoms with Gasteiger partial charge in [0.15, 0.2) is 0 Å². The van der Waals surface area contributed by atoms with Crippen LogP contribution in [0.3, 0.4) is 0 Å². The number of primary sulfonamides is 1. The van der Waals surface area contributed by atoms with Crippen LogP contribution >= 0.6 is 57.6 Å². The molecule has 0 bridgehead atoms. The van der Waals surface area contributed by atoms with E-state index < -0.39 is 15.9 Å². The molecule has 0 atom stereocenters. The van der Waals surface area contributed by atoms with Crippen molar-refractivity contribution in [2.45, 2.75) is 22.2 Å². The van der Waals surface area contributed by atoms with E-state index in [0.29, 0.717) is 17.3 Å². The van der Waals surface area contributed by atoms with Gasteiger partial charge in [0.25, 0.3) is 5.24 Å². The molecule has 0 fully saturated rings. The molecule has 1 aliphatic rings. The van der Waals surface area contributed by atoms with E-state index in [1.54, 1.807) is 4.90 Å². The Bertz CT molecular complexity index is 1150. The molecule has 0 saturated heterocycles. The van der Waals surface area contributed by atoms with E-state index >= 15 is 0 Å². The number of thioether (sulfide) groups is 1. The fourth-order valence-electron chi connectivity index (χ4n) is 3.18. The Morgan fingerprint density at radius 2 is 1.94 bits per heavy atom. The van der Waals surface area contributed by atoms with E-state index in [1.165, 1.54) is 12.1 Å². The van der Waals surface area contributed by atoms with Crippen molar-refractivity contribution in [3.05, 3.63) is 51.5 Å². The maximum absolute atomic E-state index is 12.8. The molecule has 0 saturated carbocycles. The number of nitrogens with one attached hydrogen (secondary N) is 1. The number of anilines is 2. The minimum absolute atomic E-state index is 0.0269. The zero-order chi connectivity index (χ0) is 22.8. The average molecular weight is 614 g/mol. The van der Waals surface area contributed by atoms with Gasteiger partial charge in [-0.15, -0.1) is 0 Å². The number of aryl methyl sites for hydroxylation is 1. The second kappa shape index (κ2) is 10.3. The van der Waals surface area contributed by atoms with E-state index in [2.05, 4.69) is 34.0 Å². The molecule has 0 spiro atoms. The number of nitrogens with zero attached hydrogens (tertiary/aromatic N) is 1. The summed E-state index contributed by atoms with van der Waals surface area (Å²) < 4.78 is 23.6. The van der Waals surface area contributed by atoms with Crippen molar-refractivity contribution in [2.24, 2.45) is 5.14 Å². The van der Waals surface area contributed by atoms with Crippen LogP contribution in [0.4, 0.5) is 16.2 Å². The number of alkyl halides is 1. The SMILES string of the molecule is NS(=O)(=O)c1ccc(NC(=O)CSC(=O)N2CCCc3cc(CI)cc(Cl)c32)c(Cl)c1. The molecular weight excluding hydrogens is 596 g/mol. The van der Waals surface area contributed by atoms with Gasteiger partial charge < -0.3 is 10.2 Å². The first-order valence-corrected chi connectivity index (χ1v) is 13.8. The molecule has 3 rings (SSSR count). The zero-order valence-corrected chi connectivity index (χ0v) is 21.3. The van der Waals surface area contributed by atoms with Crippen LogP contribution in [0.15, 0.2) is 35.2 Å². The number of fused-ring (bicyclic) bond motifs is 1. The summed E-state index contributed by atoms with van der Waals surface area (Å²) in [6.07, 6.45) is 1.67. The second-order valence-corrected chi connectivity index (χ2v) is 10.8. The fourth-order valence-corrected chi connectivity index (χ4v) is 5.48. The highest BCUT2D eigenvalue weighted by molar-refractivity contribution is 14.1. The normalized spacial score (nSPS) is 13.6. The molecule has 2 amide bonds. The molecule has 7 nitrogen and oxygen atoms in total. The predicted octanol–water partition coefficient (Wildman–Crippen LogP) is 4.82. The number of nitrogens with two attached hydrogens (primary N) is 1. The average Bonchev–Trinajstić information content (AvgIpc) is 2.72. The summed E-state index contributed by atoms with van der Waals surface area (Å²) in [7, 11) is -3.90. The molecule has 2 aromatic rings. The molecule has 3 N–H and O–H groups in total. The minimum atomic E-state index is -3.90. The topological polar surface area (TPSA) is 110 Å². The van der Waals surface area contributed by atoms with Crippen LogP contribution in [0, 0.1) is 0 Å². The summed E-state index contributed by atoms with van der Waals surface area (Å²) in [5.74, 6) is -0.589. The first kappa shape index (κ1) is 24.6. The Balaban J connectivity index is 1.65. The Hall–Kier alpha value is -1.05. The van der Waals surface area contributed by atoms with Crippen molar-refractivity contribution in [1.29, 1.82) is 0 Å². The number of hydrogen-bond donors (Lipinski definition) is 2. The lowest BCUT2D eigenvalue weighted by Crippen LogP contribution is -2.34. The first-order valence-electron chi connectivity index (χ1n) is 9.04. The molecule has 2 aromatic carbocycles. The smallest absolute Gasteiger partial charge is 0.286 e. The summed E-state index contributed by atoms with van der Waals surface area (Å²) in [6, 6.07) is 7.67. The molecule has 12 heteroatoms. The third-order valence-corrected chi connectivity index (χ3v) is 7.81. The van der Waals surface area contributed by atoms with Crippen molar-refractivity contribution < 1.29 is 18.0 Å². The van der Waals surface area contributed by atoms with Crippen LogP contribution in [-0.4, -0.2) is 31.9 Å². The number of rotatable bonds is 5. The van der Waals surface area contributed by atoms with Crippen LogP contribution in [0.2, 0.25) is 10.0 Å². The quantitative estimate of drug-likeness (QED) is 0.371. The Kier molecular flexibility index (Phi) is 8.14. The molecule has 0 radical (unpaired) electrons. The fraction of sp³-hybridized carbons (Fsp3) is 0.263. The van der Waals surface area contributed by atoms with Gasteiger partial charge in [-0.25, -0.2) is 13.6 Å². The molecule has 1 aliphatic heterocycles. The first-order chi connectivity index (χ1) is 14.6. The summed E-state index contributed by atoms with van der Waals surface area (Å²) in [5.41, 5.74) is 3.08. The van der Waals surface area contributed by atoms with Gasteiger partial charge in [0, 0.05) is 11.0 Å². The van der Waals surface area contributed by atoms with Gasteiger partial charge in [0.2, 0.25) is 15.9 Å². The summed E-state index contributed by atoms with van der Waals surface area (Å²) >= 11 is 15.6. The van der Waals surface area contributed by atoms with Gasteiger partial charge in [-0.3, -0.25) is 9.59 Å². The Morgan fingerprint density at radius 3 is 2.58 bits per heavy atom. The molecule has 31 heavy (non-hydrogen) atoms. The molecular formula is C19H18Cl2IN3O4S2. The number of sulfonamides is 1. The number of benzene rings is 2. The van der Waals surface area contributed by atoms with Gasteiger partial charge in [-0.05, 0) is 48.2 Å². The number of amides is 2. The molecule has 166 valence electrons. The molecule has 0 aromatic heterocycles. The second-order valence-electron chi connectivity index (χ2n) is 6.76. The lowest BCUT2D eigenvalue weighted by atomic mass is 10.00. The molecule has 0 unspecified atom stereocenters. The van der Waals surface area contributed by atoms with Crippen LogP contribution < -0.4 is 15.4 Å². The highest BCUT2D eigenvalue weighted by atomic mass is 127. The lowest BCUT2D eigenvalue weighted by Gasteiger charge is -2.30. The van der Waals surface area contributed by atoms with Gasteiger partial charge in [-0.2, -0.15) is 0 Å². The number of carbonyl (C=O) groups is 2. The maximum Gasteiger partial charge on any atom is 0.286 e. The third kappa shape index (κ3) is 6.05. The van der Waals surface area contributed by atoms with Gasteiger partial charge >= 0.3 is 0 Å². The Labute approximate surface area is 208 Å². The highest BCUT2D eigenvalue weighted by Crippen LogP contribution is 2.37. The Morgan fingerprint density at radius 1 is 1.19 bits per heavy atom. The number of hydrogen-bond acceptors (Lipinski definition) is 5. The highest BCUT2D eigenvalue weighted by Gasteiger charge is 2.26. The molecule has 1 heterocycles. The largest absolute Gasteiger partial charge is 0.324 e. The van der Waals surface area contributed by atoms with E-state index in [1.807, 2.05) is 6.07 Å². The van der Waals surface area contributed by atoms with Crippen molar-refractivity contribution in [2.75, 3.05) is 22.5 Å². The van der Waals surface area contributed by atoms with Crippen LogP contribution in [-0.2, 0) is 25.7 Å². The van der Waals surface area contributed by atoms with E-state index in [4.69, 9.17) is 28.3 Å². The van der Waals surface area contributed by atoms with Gasteiger partial charge in [0.05, 0.1) is 32.1 Å². The summed E-state index contributed by atoms with van der Waals surface area (Å²) in [5, 5.41) is 7.92. The van der Waals surface area contributed by atoms with Crippen LogP contribution in [0.5, 0.6) is 0 Å². The third-order valence-electron chi connectivity index (χ3n) is 4.54. The van der Waals surface area contributed by atoms with Gasteiger partial charge in [0.1, 0.15) is 0 Å².